The minimum Gasteiger partial charge on any atom is -0.299 e. The van der Waals surface area contributed by atoms with E-state index in [1.165, 1.54) is 11.3 Å². The molecule has 1 N–H and O–H groups in total. The molecule has 27 heavy (non-hydrogen) atoms. The normalized spacial score (nSPS) is 10.5. The highest BCUT2D eigenvalue weighted by molar-refractivity contribution is 7.13. The maximum atomic E-state index is 8.77. The van der Waals surface area contributed by atoms with Gasteiger partial charge in [-0.05, 0) is 58.6 Å². The summed E-state index contributed by atoms with van der Waals surface area (Å²) in [5, 5.41) is 10.7. The molecule has 0 bridgehead atoms. The van der Waals surface area contributed by atoms with Crippen LogP contribution in [0.25, 0.3) is 22.3 Å². The molecule has 0 aliphatic heterocycles. The Balaban J connectivity index is 1.88. The minimum absolute atomic E-state index is 0.474. The average molecular weight is 366 g/mol. The van der Waals surface area contributed by atoms with Crippen LogP contribution in [0.15, 0.2) is 95.3 Å². The molecule has 4 rings (SSSR count). The van der Waals surface area contributed by atoms with Gasteiger partial charge in [0.2, 0.25) is 0 Å². The summed E-state index contributed by atoms with van der Waals surface area (Å²) >= 11 is 1.52. The van der Waals surface area contributed by atoms with Crippen LogP contribution in [0.5, 0.6) is 0 Å². The number of nitrogens with zero attached hydrogens (tertiary/aromatic N) is 1. The van der Waals surface area contributed by atoms with E-state index >= 15 is 0 Å². The maximum Gasteiger partial charge on any atom is 0.0824 e. The smallest absolute Gasteiger partial charge is 0.0824 e. The van der Waals surface area contributed by atoms with Gasteiger partial charge in [0.1, 0.15) is 0 Å². The predicted molar refractivity (Wildman–Crippen MR) is 117 cm³/mol. The first-order valence-electron chi connectivity index (χ1n) is 8.66. The van der Waals surface area contributed by atoms with Crippen LogP contribution in [-0.2, 0) is 0 Å². The molecular weight excluding hydrogens is 348 g/mol. The van der Waals surface area contributed by atoms with Gasteiger partial charge >= 0.3 is 0 Å². The molecule has 0 radical (unpaired) electrons. The van der Waals surface area contributed by atoms with Gasteiger partial charge in [0.15, 0.2) is 0 Å². The van der Waals surface area contributed by atoms with Gasteiger partial charge in [0.05, 0.1) is 16.3 Å². The van der Waals surface area contributed by atoms with Gasteiger partial charge in [-0.2, -0.15) is 0 Å². The lowest BCUT2D eigenvalue weighted by molar-refractivity contribution is 1.47. The zero-order valence-electron chi connectivity index (χ0n) is 14.7. The highest BCUT2D eigenvalue weighted by atomic mass is 32.1. The Morgan fingerprint density at radius 1 is 0.741 bits per heavy atom. The predicted octanol–water partition coefficient (Wildman–Crippen LogP) is 6.83. The summed E-state index contributed by atoms with van der Waals surface area (Å²) in [4.78, 5) is 4.90. The summed E-state index contributed by atoms with van der Waals surface area (Å²) in [6.45, 7) is 3.63. The summed E-state index contributed by atoms with van der Waals surface area (Å²) < 4.78 is 0. The van der Waals surface area contributed by atoms with Crippen LogP contribution < -0.4 is 0 Å². The summed E-state index contributed by atoms with van der Waals surface area (Å²) in [7, 11) is 0. The molecule has 0 spiro atoms. The Morgan fingerprint density at radius 3 is 1.81 bits per heavy atom. The van der Waals surface area contributed by atoms with Crippen LogP contribution in [0.2, 0.25) is 0 Å². The Kier molecular flexibility index (Phi) is 4.77. The van der Waals surface area contributed by atoms with E-state index in [1.54, 1.807) is 0 Å². The van der Waals surface area contributed by atoms with Crippen molar-refractivity contribution in [3.63, 3.8) is 0 Å². The molecule has 2 nitrogen and oxygen atoms in total. The average Bonchev–Trinajstić information content (AvgIpc) is 3.23. The third-order valence-electron chi connectivity index (χ3n) is 4.48. The number of benzene rings is 3. The van der Waals surface area contributed by atoms with E-state index in [0.29, 0.717) is 5.71 Å². The molecule has 3 heteroatoms. The summed E-state index contributed by atoms with van der Waals surface area (Å²) in [5.41, 5.74) is 6.58. The van der Waals surface area contributed by atoms with Gasteiger partial charge in [-0.3, -0.25) is 10.4 Å². The monoisotopic (exact) mass is 366 g/mol. The second-order valence-electron chi connectivity index (χ2n) is 6.20. The third kappa shape index (κ3) is 3.50. The van der Waals surface area contributed by atoms with Crippen molar-refractivity contribution in [2.45, 2.75) is 0 Å². The summed E-state index contributed by atoms with van der Waals surface area (Å²) in [6, 6.07) is 28.8. The third-order valence-corrected chi connectivity index (χ3v) is 5.40. The standard InChI is InChI=1S/C24H18N2S/c1-26-22-12-13-27-24(22)23(25)21-15-19(17-8-4-2-5-9-17)14-20(16-21)18-10-6-3-7-11-18/h2-16,25H,1H2. The fourth-order valence-electron chi connectivity index (χ4n) is 3.11. The minimum atomic E-state index is 0.474. The first-order chi connectivity index (χ1) is 13.3. The molecule has 0 aliphatic rings. The molecular formula is C24H18N2S. The maximum absolute atomic E-state index is 8.77. The van der Waals surface area contributed by atoms with E-state index in [2.05, 4.69) is 54.2 Å². The molecule has 0 unspecified atom stereocenters. The van der Waals surface area contributed by atoms with Crippen molar-refractivity contribution in [3.05, 3.63) is 101 Å². The molecule has 1 aromatic heterocycles. The molecule has 3 aromatic carbocycles. The Bertz CT molecular complexity index is 1040. The van der Waals surface area contributed by atoms with Crippen LogP contribution in [0.1, 0.15) is 10.4 Å². The first kappa shape index (κ1) is 17.1. The number of hydrogen-bond donors (Lipinski definition) is 1. The van der Waals surface area contributed by atoms with E-state index in [-0.39, 0.29) is 0 Å². The summed E-state index contributed by atoms with van der Waals surface area (Å²) in [5.74, 6) is 0. The van der Waals surface area contributed by atoms with Crippen LogP contribution in [0.3, 0.4) is 0 Å². The number of nitrogens with one attached hydrogen (secondary N) is 1. The van der Waals surface area contributed by atoms with Crippen LogP contribution in [-0.4, -0.2) is 12.4 Å². The molecule has 0 saturated carbocycles. The number of aliphatic imine (C=N–C) groups is 1. The van der Waals surface area contributed by atoms with E-state index in [9.17, 15) is 0 Å². The molecule has 130 valence electrons. The Morgan fingerprint density at radius 2 is 1.30 bits per heavy atom. The van der Waals surface area contributed by atoms with E-state index < -0.39 is 0 Å². The van der Waals surface area contributed by atoms with Crippen molar-refractivity contribution < 1.29 is 0 Å². The Hall–Kier alpha value is -3.30. The lowest BCUT2D eigenvalue weighted by atomic mass is 9.94. The lowest BCUT2D eigenvalue weighted by Crippen LogP contribution is -2.00. The van der Waals surface area contributed by atoms with E-state index in [1.807, 2.05) is 47.8 Å². The second-order valence-corrected chi connectivity index (χ2v) is 7.12. The van der Waals surface area contributed by atoms with E-state index in [4.69, 9.17) is 5.41 Å². The number of rotatable bonds is 5. The zero-order valence-corrected chi connectivity index (χ0v) is 15.5. The lowest BCUT2D eigenvalue weighted by Gasteiger charge is -2.11. The first-order valence-corrected chi connectivity index (χ1v) is 9.53. The van der Waals surface area contributed by atoms with Gasteiger partial charge in [0.25, 0.3) is 0 Å². The van der Waals surface area contributed by atoms with Crippen molar-refractivity contribution in [2.75, 3.05) is 0 Å². The number of hydrogen-bond acceptors (Lipinski definition) is 3. The van der Waals surface area contributed by atoms with Crippen LogP contribution in [0, 0.1) is 5.41 Å². The Labute approximate surface area is 163 Å². The van der Waals surface area contributed by atoms with Crippen molar-refractivity contribution in [2.24, 2.45) is 4.99 Å². The number of thiophene rings is 1. The SMILES string of the molecule is C=Nc1ccsc1C(=N)c1cc(-c2ccccc2)cc(-c2ccccc2)c1. The van der Waals surface area contributed by atoms with Crippen LogP contribution >= 0.6 is 11.3 Å². The molecule has 0 atom stereocenters. The van der Waals surface area contributed by atoms with Crippen molar-refractivity contribution in [3.8, 4) is 22.3 Å². The molecule has 0 fully saturated rings. The molecule has 1 heterocycles. The zero-order chi connectivity index (χ0) is 18.6. The fourth-order valence-corrected chi connectivity index (χ4v) is 3.93. The van der Waals surface area contributed by atoms with Gasteiger partial charge in [-0.25, -0.2) is 0 Å². The fraction of sp³-hybridized carbons (Fsp3) is 0. The summed E-state index contributed by atoms with van der Waals surface area (Å²) in [6.07, 6.45) is 0. The van der Waals surface area contributed by atoms with Crippen molar-refractivity contribution in [1.82, 2.24) is 0 Å². The van der Waals surface area contributed by atoms with Gasteiger partial charge < -0.3 is 0 Å². The largest absolute Gasteiger partial charge is 0.299 e. The molecule has 4 aromatic rings. The second kappa shape index (κ2) is 7.52. The van der Waals surface area contributed by atoms with Crippen molar-refractivity contribution in [1.29, 1.82) is 5.41 Å². The van der Waals surface area contributed by atoms with Gasteiger partial charge in [-0.15, -0.1) is 11.3 Å². The highest BCUT2D eigenvalue weighted by Gasteiger charge is 2.14. The quantitative estimate of drug-likeness (QED) is 0.376. The van der Waals surface area contributed by atoms with E-state index in [0.717, 1.165) is 38.4 Å². The van der Waals surface area contributed by atoms with Gasteiger partial charge in [0, 0.05) is 5.56 Å². The molecule has 0 amide bonds. The van der Waals surface area contributed by atoms with Crippen LogP contribution in [0.4, 0.5) is 5.69 Å². The molecule has 0 aliphatic carbocycles. The highest BCUT2D eigenvalue weighted by Crippen LogP contribution is 2.32. The molecule has 0 saturated heterocycles. The van der Waals surface area contributed by atoms with Crippen molar-refractivity contribution >= 4 is 29.5 Å². The van der Waals surface area contributed by atoms with Gasteiger partial charge in [-0.1, -0.05) is 60.7 Å². The topological polar surface area (TPSA) is 36.2 Å².